The monoisotopic (exact) mass is 236 g/mol. The number of nitrogens with zero attached hydrogens (tertiary/aromatic N) is 3. The maximum absolute atomic E-state index is 12.9. The zero-order chi connectivity index (χ0) is 11.5. The Morgan fingerprint density at radius 2 is 2.31 bits per heavy atom. The van der Waals surface area contributed by atoms with Crippen LogP contribution in [0.1, 0.15) is 11.4 Å². The molecule has 0 bridgehead atoms. The van der Waals surface area contributed by atoms with Crippen LogP contribution in [0.5, 0.6) is 0 Å². The molecule has 16 heavy (non-hydrogen) atoms. The minimum atomic E-state index is -0.271. The molecule has 0 aliphatic rings. The van der Waals surface area contributed by atoms with Gasteiger partial charge in [0.25, 0.3) is 0 Å². The molecular formula is C10H9FN4S. The number of nitrogens with two attached hydrogens (primary N) is 1. The second-order valence-electron chi connectivity index (χ2n) is 3.26. The smallest absolute Gasteiger partial charge is 0.208 e. The minimum Gasteiger partial charge on any atom is -0.387 e. The van der Waals surface area contributed by atoms with Crippen molar-refractivity contribution in [2.45, 2.75) is 6.54 Å². The summed E-state index contributed by atoms with van der Waals surface area (Å²) >= 11 is 4.74. The van der Waals surface area contributed by atoms with Crippen LogP contribution in [0.25, 0.3) is 0 Å². The second kappa shape index (κ2) is 4.36. The summed E-state index contributed by atoms with van der Waals surface area (Å²) in [5.41, 5.74) is 6.18. The molecule has 0 atom stereocenters. The summed E-state index contributed by atoms with van der Waals surface area (Å²) in [4.78, 5) is 4.08. The normalized spacial score (nSPS) is 10.3. The molecule has 2 aromatic rings. The van der Waals surface area contributed by atoms with E-state index in [0.29, 0.717) is 12.4 Å². The van der Waals surface area contributed by atoms with Crippen LogP contribution >= 0.6 is 12.2 Å². The fourth-order valence-corrected chi connectivity index (χ4v) is 1.40. The van der Waals surface area contributed by atoms with Gasteiger partial charge in [0, 0.05) is 0 Å². The molecule has 1 aromatic heterocycles. The maximum Gasteiger partial charge on any atom is 0.208 e. The van der Waals surface area contributed by atoms with Crippen LogP contribution in [-0.4, -0.2) is 19.8 Å². The molecule has 0 saturated heterocycles. The molecule has 6 heteroatoms. The number of thiocarbonyl (C=S) groups is 1. The van der Waals surface area contributed by atoms with E-state index < -0.39 is 0 Å². The van der Waals surface area contributed by atoms with Gasteiger partial charge in [0.15, 0.2) is 0 Å². The number of halogens is 1. The Balaban J connectivity index is 2.17. The summed E-state index contributed by atoms with van der Waals surface area (Å²) in [6, 6.07) is 6.30. The Morgan fingerprint density at radius 1 is 1.50 bits per heavy atom. The van der Waals surface area contributed by atoms with E-state index >= 15 is 0 Å². The fourth-order valence-electron chi connectivity index (χ4n) is 1.31. The van der Waals surface area contributed by atoms with Gasteiger partial charge < -0.3 is 5.73 Å². The average Bonchev–Trinajstić information content (AvgIpc) is 2.66. The van der Waals surface area contributed by atoms with Gasteiger partial charge in [-0.15, -0.1) is 5.10 Å². The van der Waals surface area contributed by atoms with Crippen LogP contribution in [0, 0.1) is 5.82 Å². The number of aromatic nitrogens is 3. The van der Waals surface area contributed by atoms with Gasteiger partial charge in [-0.25, -0.2) is 14.1 Å². The molecule has 0 unspecified atom stereocenters. The van der Waals surface area contributed by atoms with Crippen LogP contribution in [0.2, 0.25) is 0 Å². The predicted octanol–water partition coefficient (Wildman–Crippen LogP) is 1.10. The molecule has 2 rings (SSSR count). The molecule has 0 spiro atoms. The fraction of sp³-hybridized carbons (Fsp3) is 0.100. The van der Waals surface area contributed by atoms with Gasteiger partial charge in [-0.1, -0.05) is 24.4 Å². The predicted molar refractivity (Wildman–Crippen MR) is 61.4 cm³/mol. The SMILES string of the molecule is NC(=S)c1ncn(Cc2cccc(F)c2)n1. The molecule has 1 aromatic carbocycles. The van der Waals surface area contributed by atoms with Crippen molar-refractivity contribution in [1.29, 1.82) is 0 Å². The van der Waals surface area contributed by atoms with Gasteiger partial charge in [0.05, 0.1) is 6.54 Å². The van der Waals surface area contributed by atoms with Crippen LogP contribution in [0.4, 0.5) is 4.39 Å². The molecule has 2 N–H and O–H groups in total. The quantitative estimate of drug-likeness (QED) is 0.811. The largest absolute Gasteiger partial charge is 0.387 e. The summed E-state index contributed by atoms with van der Waals surface area (Å²) in [7, 11) is 0. The molecule has 0 aliphatic heterocycles. The Bertz CT molecular complexity index is 523. The molecule has 82 valence electrons. The Hall–Kier alpha value is -1.82. The third-order valence-corrected chi connectivity index (χ3v) is 2.17. The molecule has 4 nitrogen and oxygen atoms in total. The van der Waals surface area contributed by atoms with Crippen molar-refractivity contribution >= 4 is 17.2 Å². The highest BCUT2D eigenvalue weighted by atomic mass is 32.1. The van der Waals surface area contributed by atoms with Crippen molar-refractivity contribution in [3.05, 3.63) is 47.8 Å². The van der Waals surface area contributed by atoms with Crippen LogP contribution in [0.15, 0.2) is 30.6 Å². The highest BCUT2D eigenvalue weighted by molar-refractivity contribution is 7.80. The zero-order valence-corrected chi connectivity index (χ0v) is 9.12. The summed E-state index contributed by atoms with van der Waals surface area (Å²) in [6.07, 6.45) is 1.51. The Labute approximate surface area is 96.9 Å². The van der Waals surface area contributed by atoms with E-state index in [0.717, 1.165) is 5.56 Å². The van der Waals surface area contributed by atoms with Gasteiger partial charge in [0.1, 0.15) is 17.1 Å². The van der Waals surface area contributed by atoms with E-state index in [1.54, 1.807) is 10.7 Å². The first-order valence-corrected chi connectivity index (χ1v) is 4.99. The van der Waals surface area contributed by atoms with Gasteiger partial charge in [-0.3, -0.25) is 0 Å². The molecule has 0 saturated carbocycles. The number of hydrogen-bond donors (Lipinski definition) is 1. The van der Waals surface area contributed by atoms with Crippen molar-refractivity contribution in [2.75, 3.05) is 0 Å². The third-order valence-electron chi connectivity index (χ3n) is 1.99. The van der Waals surface area contributed by atoms with Crippen LogP contribution < -0.4 is 5.73 Å². The van der Waals surface area contributed by atoms with Crippen molar-refractivity contribution < 1.29 is 4.39 Å². The highest BCUT2D eigenvalue weighted by Crippen LogP contribution is 2.05. The van der Waals surface area contributed by atoms with E-state index in [2.05, 4.69) is 10.1 Å². The molecular weight excluding hydrogens is 227 g/mol. The van der Waals surface area contributed by atoms with E-state index in [9.17, 15) is 4.39 Å². The van der Waals surface area contributed by atoms with Crippen molar-refractivity contribution in [3.63, 3.8) is 0 Å². The summed E-state index contributed by atoms with van der Waals surface area (Å²) in [5.74, 6) is 0.0542. The van der Waals surface area contributed by atoms with Gasteiger partial charge in [-0.05, 0) is 17.7 Å². The van der Waals surface area contributed by atoms with Gasteiger partial charge in [0.2, 0.25) is 5.82 Å². The topological polar surface area (TPSA) is 56.7 Å². The summed E-state index contributed by atoms with van der Waals surface area (Å²) < 4.78 is 14.5. The van der Waals surface area contributed by atoms with Gasteiger partial charge >= 0.3 is 0 Å². The minimum absolute atomic E-state index is 0.151. The average molecular weight is 236 g/mol. The number of hydrogen-bond acceptors (Lipinski definition) is 3. The van der Waals surface area contributed by atoms with E-state index in [4.69, 9.17) is 18.0 Å². The summed E-state index contributed by atoms with van der Waals surface area (Å²) in [6.45, 7) is 0.438. The maximum atomic E-state index is 12.9. The van der Waals surface area contributed by atoms with Crippen LogP contribution in [0.3, 0.4) is 0 Å². The first-order valence-electron chi connectivity index (χ1n) is 4.59. The van der Waals surface area contributed by atoms with Crippen molar-refractivity contribution in [1.82, 2.24) is 14.8 Å². The molecule has 0 aliphatic carbocycles. The molecule has 0 radical (unpaired) electrons. The van der Waals surface area contributed by atoms with Crippen LogP contribution in [-0.2, 0) is 6.54 Å². The summed E-state index contributed by atoms with van der Waals surface area (Å²) in [5, 5.41) is 4.05. The Kier molecular flexibility index (Phi) is 2.91. The van der Waals surface area contributed by atoms with E-state index in [1.807, 2.05) is 6.07 Å². The van der Waals surface area contributed by atoms with Gasteiger partial charge in [-0.2, -0.15) is 0 Å². The number of benzene rings is 1. The first kappa shape index (κ1) is 10.7. The molecule has 0 amide bonds. The lowest BCUT2D eigenvalue weighted by atomic mass is 10.2. The third kappa shape index (κ3) is 2.40. The van der Waals surface area contributed by atoms with E-state index in [-0.39, 0.29) is 10.8 Å². The first-order chi connectivity index (χ1) is 7.65. The van der Waals surface area contributed by atoms with Crippen molar-refractivity contribution in [3.8, 4) is 0 Å². The van der Waals surface area contributed by atoms with Crippen molar-refractivity contribution in [2.24, 2.45) is 5.73 Å². The zero-order valence-electron chi connectivity index (χ0n) is 8.30. The standard InChI is InChI=1S/C10H9FN4S/c11-8-3-1-2-7(4-8)5-15-6-13-10(14-15)9(12)16/h1-4,6H,5H2,(H2,12,16). The second-order valence-corrected chi connectivity index (χ2v) is 3.70. The lowest BCUT2D eigenvalue weighted by Crippen LogP contribution is -2.12. The lowest BCUT2D eigenvalue weighted by Gasteiger charge is -2.00. The lowest BCUT2D eigenvalue weighted by molar-refractivity contribution is 0.619. The molecule has 1 heterocycles. The molecule has 0 fully saturated rings. The van der Waals surface area contributed by atoms with E-state index in [1.165, 1.54) is 18.5 Å². The Morgan fingerprint density at radius 3 is 2.94 bits per heavy atom. The highest BCUT2D eigenvalue weighted by Gasteiger charge is 2.04. The number of rotatable bonds is 3.